The van der Waals surface area contributed by atoms with Crippen molar-refractivity contribution in [2.45, 2.75) is 6.18 Å². The van der Waals surface area contributed by atoms with Crippen LogP contribution in [-0.4, -0.2) is 32.7 Å². The number of benzene rings is 2. The van der Waals surface area contributed by atoms with Crippen molar-refractivity contribution in [1.29, 1.82) is 0 Å². The van der Waals surface area contributed by atoms with E-state index in [0.717, 1.165) is 6.07 Å². The first kappa shape index (κ1) is 20.9. The third-order valence-corrected chi connectivity index (χ3v) is 3.60. The summed E-state index contributed by atoms with van der Waals surface area (Å²) in [7, 11) is 2.89. The molecule has 0 radical (unpaired) electrons. The van der Waals surface area contributed by atoms with Crippen LogP contribution >= 0.6 is 0 Å². The van der Waals surface area contributed by atoms with Crippen molar-refractivity contribution in [2.24, 2.45) is 0 Å². The molecule has 0 fully saturated rings. The largest absolute Gasteiger partial charge is 0.493 e. The van der Waals surface area contributed by atoms with Gasteiger partial charge in [-0.05, 0) is 30.3 Å². The molecular formula is C18H17F3N2O5. The highest BCUT2D eigenvalue weighted by Gasteiger charge is 2.31. The van der Waals surface area contributed by atoms with Gasteiger partial charge in [0.15, 0.2) is 18.1 Å². The first-order chi connectivity index (χ1) is 13.2. The number of alkyl halides is 3. The molecule has 0 heterocycles. The zero-order valence-electron chi connectivity index (χ0n) is 14.9. The first-order valence-corrected chi connectivity index (χ1v) is 7.81. The molecule has 0 unspecified atom stereocenters. The molecule has 0 aliphatic heterocycles. The average Bonchev–Trinajstić information content (AvgIpc) is 2.65. The third kappa shape index (κ3) is 5.06. The number of nitrogens with one attached hydrogen (secondary N) is 1. The lowest BCUT2D eigenvalue weighted by Gasteiger charge is -2.12. The lowest BCUT2D eigenvalue weighted by molar-refractivity contribution is -0.137. The number of carbonyl (C=O) groups excluding carboxylic acids is 2. The highest BCUT2D eigenvalue weighted by atomic mass is 19.4. The van der Waals surface area contributed by atoms with Crippen molar-refractivity contribution in [3.8, 4) is 11.5 Å². The zero-order valence-corrected chi connectivity index (χ0v) is 14.9. The van der Waals surface area contributed by atoms with Crippen molar-refractivity contribution < 1.29 is 37.0 Å². The van der Waals surface area contributed by atoms with E-state index in [2.05, 4.69) is 5.32 Å². The number of carbonyl (C=O) groups is 2. The lowest BCUT2D eigenvalue weighted by atomic mass is 10.1. The van der Waals surface area contributed by atoms with Crippen molar-refractivity contribution in [2.75, 3.05) is 31.9 Å². The number of methoxy groups -OCH3 is 2. The standard InChI is InChI=1S/C18H17F3N2O5/c1-26-14-6-4-11(8-15(14)27-2)23-16(24)9-28-17(25)12-5-3-10(7-13(12)22)18(19,20)21/h3-8H,9,22H2,1-2H3,(H,23,24). The van der Waals surface area contributed by atoms with E-state index in [0.29, 0.717) is 29.3 Å². The van der Waals surface area contributed by atoms with Crippen LogP contribution < -0.4 is 20.5 Å². The van der Waals surface area contributed by atoms with Gasteiger partial charge in [-0.15, -0.1) is 0 Å². The van der Waals surface area contributed by atoms with Crippen LogP contribution in [0.2, 0.25) is 0 Å². The molecule has 1 amide bonds. The topological polar surface area (TPSA) is 99.9 Å². The van der Waals surface area contributed by atoms with Crippen LogP contribution in [0.4, 0.5) is 24.5 Å². The van der Waals surface area contributed by atoms with E-state index in [1.54, 1.807) is 12.1 Å². The van der Waals surface area contributed by atoms with Gasteiger partial charge in [0.05, 0.1) is 25.3 Å². The van der Waals surface area contributed by atoms with Crippen LogP contribution in [0.1, 0.15) is 15.9 Å². The van der Waals surface area contributed by atoms with Crippen molar-refractivity contribution in [3.63, 3.8) is 0 Å². The number of halogens is 3. The van der Waals surface area contributed by atoms with Crippen LogP contribution in [0.3, 0.4) is 0 Å². The van der Waals surface area contributed by atoms with Crippen LogP contribution in [0.25, 0.3) is 0 Å². The summed E-state index contributed by atoms with van der Waals surface area (Å²) in [6.07, 6.45) is -4.59. The molecule has 28 heavy (non-hydrogen) atoms. The maximum absolute atomic E-state index is 12.6. The maximum atomic E-state index is 12.6. The molecule has 0 atom stereocenters. The minimum Gasteiger partial charge on any atom is -0.493 e. The van der Waals surface area contributed by atoms with Gasteiger partial charge in [0, 0.05) is 17.4 Å². The van der Waals surface area contributed by atoms with E-state index in [4.69, 9.17) is 19.9 Å². The fourth-order valence-electron chi connectivity index (χ4n) is 2.24. The summed E-state index contributed by atoms with van der Waals surface area (Å²) in [5.41, 5.74) is 4.18. The quantitative estimate of drug-likeness (QED) is 0.573. The first-order valence-electron chi connectivity index (χ1n) is 7.81. The van der Waals surface area contributed by atoms with Crippen molar-refractivity contribution in [1.82, 2.24) is 0 Å². The number of hydrogen-bond donors (Lipinski definition) is 2. The minimum absolute atomic E-state index is 0.271. The van der Waals surface area contributed by atoms with Gasteiger partial charge in [-0.2, -0.15) is 13.2 Å². The fraction of sp³-hybridized carbons (Fsp3) is 0.222. The summed E-state index contributed by atoms with van der Waals surface area (Å²) >= 11 is 0. The Morgan fingerprint density at radius 1 is 1.04 bits per heavy atom. The molecule has 10 heteroatoms. The second kappa shape index (κ2) is 8.51. The molecule has 3 N–H and O–H groups in total. The minimum atomic E-state index is -4.59. The summed E-state index contributed by atoms with van der Waals surface area (Å²) < 4.78 is 52.8. The summed E-state index contributed by atoms with van der Waals surface area (Å²) in [5, 5.41) is 2.49. The predicted molar refractivity (Wildman–Crippen MR) is 94.3 cm³/mol. The predicted octanol–water partition coefficient (Wildman–Crippen LogP) is 3.10. The fourth-order valence-corrected chi connectivity index (χ4v) is 2.24. The number of nitrogen functional groups attached to an aromatic ring is 1. The molecule has 0 saturated heterocycles. The molecule has 7 nitrogen and oxygen atoms in total. The summed E-state index contributed by atoms with van der Waals surface area (Å²) in [4.78, 5) is 23.9. The van der Waals surface area contributed by atoms with E-state index >= 15 is 0 Å². The highest BCUT2D eigenvalue weighted by molar-refractivity contribution is 5.98. The Bertz CT molecular complexity index is 884. The van der Waals surface area contributed by atoms with Gasteiger partial charge in [-0.25, -0.2) is 4.79 Å². The SMILES string of the molecule is COc1ccc(NC(=O)COC(=O)c2ccc(C(F)(F)F)cc2N)cc1OC. The van der Waals surface area contributed by atoms with E-state index in [-0.39, 0.29) is 5.56 Å². The van der Waals surface area contributed by atoms with Crippen LogP contribution in [-0.2, 0) is 15.7 Å². The van der Waals surface area contributed by atoms with Gasteiger partial charge in [0.1, 0.15) is 0 Å². The molecule has 0 spiro atoms. The Morgan fingerprint density at radius 3 is 2.29 bits per heavy atom. The second-order valence-corrected chi connectivity index (χ2v) is 5.49. The van der Waals surface area contributed by atoms with Gasteiger partial charge in [0.2, 0.25) is 0 Å². The van der Waals surface area contributed by atoms with E-state index in [9.17, 15) is 22.8 Å². The molecular weight excluding hydrogens is 381 g/mol. The lowest BCUT2D eigenvalue weighted by Crippen LogP contribution is -2.21. The maximum Gasteiger partial charge on any atom is 0.416 e. The van der Waals surface area contributed by atoms with E-state index in [1.165, 1.54) is 20.3 Å². The molecule has 0 aliphatic carbocycles. The number of rotatable bonds is 6. The normalized spacial score (nSPS) is 10.9. The number of hydrogen-bond acceptors (Lipinski definition) is 6. The van der Waals surface area contributed by atoms with Crippen molar-refractivity contribution in [3.05, 3.63) is 47.5 Å². The Balaban J connectivity index is 1.98. The zero-order chi connectivity index (χ0) is 20.9. The Morgan fingerprint density at radius 2 is 1.71 bits per heavy atom. The highest BCUT2D eigenvalue weighted by Crippen LogP contribution is 2.32. The molecule has 2 aromatic rings. The molecule has 2 rings (SSSR count). The summed E-state index contributed by atoms with van der Waals surface area (Å²) in [6, 6.07) is 6.86. The smallest absolute Gasteiger partial charge is 0.416 e. The number of esters is 1. The third-order valence-electron chi connectivity index (χ3n) is 3.60. The van der Waals surface area contributed by atoms with Gasteiger partial charge >= 0.3 is 12.1 Å². The molecule has 0 bridgehead atoms. The molecule has 2 aromatic carbocycles. The molecule has 0 saturated carbocycles. The summed E-state index contributed by atoms with van der Waals surface area (Å²) in [5.74, 6) is -0.834. The van der Waals surface area contributed by atoms with Crippen molar-refractivity contribution >= 4 is 23.3 Å². The van der Waals surface area contributed by atoms with Crippen LogP contribution in [0.5, 0.6) is 11.5 Å². The Labute approximate surface area is 158 Å². The summed E-state index contributed by atoms with van der Waals surface area (Å²) in [6.45, 7) is -0.659. The monoisotopic (exact) mass is 398 g/mol. The van der Waals surface area contributed by atoms with Gasteiger partial charge < -0.3 is 25.3 Å². The van der Waals surface area contributed by atoms with E-state index in [1.807, 2.05) is 0 Å². The second-order valence-electron chi connectivity index (χ2n) is 5.49. The molecule has 0 aliphatic rings. The number of nitrogens with two attached hydrogens (primary N) is 1. The molecule has 0 aromatic heterocycles. The van der Waals surface area contributed by atoms with Gasteiger partial charge in [-0.3, -0.25) is 4.79 Å². The average molecular weight is 398 g/mol. The number of amides is 1. The molecule has 150 valence electrons. The van der Waals surface area contributed by atoms with Crippen LogP contribution in [0, 0.1) is 0 Å². The van der Waals surface area contributed by atoms with Gasteiger partial charge in [-0.1, -0.05) is 0 Å². The Kier molecular flexibility index (Phi) is 6.34. The number of ether oxygens (including phenoxy) is 3. The van der Waals surface area contributed by atoms with Crippen LogP contribution in [0.15, 0.2) is 36.4 Å². The van der Waals surface area contributed by atoms with E-state index < -0.39 is 35.9 Å². The number of anilines is 2. The Hall–Kier alpha value is -3.43. The van der Waals surface area contributed by atoms with Gasteiger partial charge in [0.25, 0.3) is 5.91 Å².